The molecule has 3 aliphatic heterocycles. The average molecular weight is 633 g/mol. The second-order valence-corrected chi connectivity index (χ2v) is 14.2. The van der Waals surface area contributed by atoms with Gasteiger partial charge in [0.05, 0.1) is 18.7 Å². The van der Waals surface area contributed by atoms with E-state index < -0.39 is 52.2 Å². The van der Waals surface area contributed by atoms with E-state index in [0.29, 0.717) is 42.0 Å². The first-order valence-corrected chi connectivity index (χ1v) is 15.4. The van der Waals surface area contributed by atoms with Gasteiger partial charge in [0.25, 0.3) is 0 Å². The van der Waals surface area contributed by atoms with Crippen molar-refractivity contribution in [3.63, 3.8) is 0 Å². The molecule has 1 saturated carbocycles. The Kier molecular flexibility index (Phi) is 7.31. The minimum Gasteiger partial charge on any atom is -0.367 e. The summed E-state index contributed by atoms with van der Waals surface area (Å²) in [5.74, 6) is -3.02. The van der Waals surface area contributed by atoms with Crippen LogP contribution in [0.5, 0.6) is 0 Å². The van der Waals surface area contributed by atoms with Crippen LogP contribution in [0.2, 0.25) is 10.2 Å². The third-order valence-corrected chi connectivity index (χ3v) is 10.9. The molecule has 2 saturated heterocycles. The van der Waals surface area contributed by atoms with Crippen LogP contribution in [0.3, 0.4) is 0 Å². The number of pyridine rings is 1. The molecule has 2 aromatic rings. The van der Waals surface area contributed by atoms with E-state index >= 15 is 4.39 Å². The zero-order valence-corrected chi connectivity index (χ0v) is 25.9. The quantitative estimate of drug-likeness (QED) is 0.371. The summed E-state index contributed by atoms with van der Waals surface area (Å²) in [6.45, 7) is 6.11. The van der Waals surface area contributed by atoms with Crippen LogP contribution in [0.1, 0.15) is 76.3 Å². The number of benzene rings is 1. The summed E-state index contributed by atoms with van der Waals surface area (Å²) in [5, 5.41) is 9.83. The van der Waals surface area contributed by atoms with E-state index in [1.807, 2.05) is 6.07 Å². The minimum atomic E-state index is -1.36. The number of nitrogens with zero attached hydrogens (tertiary/aromatic N) is 1. The second kappa shape index (κ2) is 10.4. The zero-order valence-electron chi connectivity index (χ0n) is 24.4. The Morgan fingerprint density at radius 2 is 1.84 bits per heavy atom. The first kappa shape index (κ1) is 30.2. The van der Waals surface area contributed by atoms with E-state index in [2.05, 4.69) is 34.8 Å². The predicted molar refractivity (Wildman–Crippen MR) is 160 cm³/mol. The Balaban J connectivity index is 1.48. The van der Waals surface area contributed by atoms with Crippen LogP contribution in [0.4, 0.5) is 10.1 Å². The SMILES string of the molecule is CC1(C)CCC2(CC1)NC(C(=O)N[C@@H]1CCC(C)(C(N)=O)OC1)C(c1ccnc(Cl)c1F)C21C(=O)Nc2cc(Cl)ccc21. The lowest BCUT2D eigenvalue weighted by Crippen LogP contribution is -2.61. The highest BCUT2D eigenvalue weighted by Gasteiger charge is 2.73. The average Bonchev–Trinajstić information content (AvgIpc) is 3.41. The number of anilines is 1. The number of primary amides is 1. The first-order chi connectivity index (χ1) is 20.2. The standard InChI is InChI=1S/C31H36Cl2FN5O4/c1-28(2)9-11-30(12-10-28)31(19-5-4-16(32)14-20(19)38-27(31)42)21(18-7-13-36-24(33)22(18)34)23(39-30)25(40)37-17-6-8-29(3,26(35)41)43-15-17/h4-5,7,13-14,17,21,23,39H,6,8-12,15H2,1-3H3,(H2,35,41)(H,37,40)(H,38,42)/t17-,21?,23?,29?,31?/m1/s1. The maximum Gasteiger partial charge on any atom is 0.249 e. The molecule has 5 N–H and O–H groups in total. The van der Waals surface area contributed by atoms with Crippen molar-refractivity contribution in [2.24, 2.45) is 11.1 Å². The highest BCUT2D eigenvalue weighted by atomic mass is 35.5. The molecular formula is C31H36Cl2FN5O4. The maximum absolute atomic E-state index is 16.0. The Labute approximate surface area is 259 Å². The second-order valence-electron chi connectivity index (χ2n) is 13.5. The van der Waals surface area contributed by atoms with Gasteiger partial charge in [-0.15, -0.1) is 0 Å². The lowest BCUT2D eigenvalue weighted by Gasteiger charge is -2.50. The molecule has 4 heterocycles. The predicted octanol–water partition coefficient (Wildman–Crippen LogP) is 4.35. The molecule has 1 aromatic heterocycles. The summed E-state index contributed by atoms with van der Waals surface area (Å²) in [4.78, 5) is 44.6. The zero-order chi connectivity index (χ0) is 30.9. The number of ether oxygens (including phenoxy) is 1. The number of nitrogens with one attached hydrogen (secondary N) is 3. The number of nitrogens with two attached hydrogens (primary N) is 1. The summed E-state index contributed by atoms with van der Waals surface area (Å²) >= 11 is 12.6. The molecule has 3 amide bonds. The van der Waals surface area contributed by atoms with Crippen molar-refractivity contribution in [2.75, 3.05) is 11.9 Å². The minimum absolute atomic E-state index is 0.0274. The Morgan fingerprint density at radius 1 is 1.12 bits per heavy atom. The number of rotatable bonds is 4. The molecule has 4 unspecified atom stereocenters. The maximum atomic E-state index is 16.0. The van der Waals surface area contributed by atoms with E-state index in [0.717, 1.165) is 12.8 Å². The summed E-state index contributed by atoms with van der Waals surface area (Å²) in [7, 11) is 0. The van der Waals surface area contributed by atoms with Crippen LogP contribution in [-0.2, 0) is 24.5 Å². The summed E-state index contributed by atoms with van der Waals surface area (Å²) in [6.07, 6.45) is 4.95. The summed E-state index contributed by atoms with van der Waals surface area (Å²) in [5.41, 5.74) is 3.55. The van der Waals surface area contributed by atoms with Crippen LogP contribution in [0, 0.1) is 11.2 Å². The van der Waals surface area contributed by atoms with Gasteiger partial charge in [0, 0.05) is 28.4 Å². The monoisotopic (exact) mass is 631 g/mol. The van der Waals surface area contributed by atoms with Gasteiger partial charge in [0.15, 0.2) is 11.0 Å². The fourth-order valence-corrected chi connectivity index (χ4v) is 8.15. The van der Waals surface area contributed by atoms with Crippen LogP contribution in [0.25, 0.3) is 0 Å². The van der Waals surface area contributed by atoms with Gasteiger partial charge in [-0.1, -0.05) is 43.1 Å². The third kappa shape index (κ3) is 4.64. The van der Waals surface area contributed by atoms with E-state index in [9.17, 15) is 14.4 Å². The van der Waals surface area contributed by atoms with Crippen molar-refractivity contribution in [2.45, 2.75) is 93.9 Å². The normalized spacial score (nSPS) is 32.4. The van der Waals surface area contributed by atoms with Gasteiger partial charge < -0.3 is 21.1 Å². The number of fused-ring (bicyclic) bond motifs is 3. The number of hydrogen-bond acceptors (Lipinski definition) is 6. The number of carbonyl (C=O) groups excluding carboxylic acids is 3. The van der Waals surface area contributed by atoms with Crippen molar-refractivity contribution >= 4 is 46.6 Å². The molecule has 0 bridgehead atoms. The Morgan fingerprint density at radius 3 is 2.49 bits per heavy atom. The smallest absolute Gasteiger partial charge is 0.249 e. The Bertz CT molecular complexity index is 1500. The topological polar surface area (TPSA) is 135 Å². The van der Waals surface area contributed by atoms with Gasteiger partial charge in [0.2, 0.25) is 17.7 Å². The van der Waals surface area contributed by atoms with E-state index in [-0.39, 0.29) is 28.6 Å². The van der Waals surface area contributed by atoms with Crippen molar-refractivity contribution in [3.05, 3.63) is 57.6 Å². The van der Waals surface area contributed by atoms with E-state index in [1.165, 1.54) is 12.3 Å². The molecule has 1 aromatic carbocycles. The van der Waals surface area contributed by atoms with Gasteiger partial charge in [0.1, 0.15) is 11.0 Å². The molecule has 230 valence electrons. The largest absolute Gasteiger partial charge is 0.367 e. The number of amides is 3. The number of hydrogen-bond donors (Lipinski definition) is 4. The fourth-order valence-electron chi connectivity index (χ4n) is 7.82. The van der Waals surface area contributed by atoms with Crippen LogP contribution in [-0.4, -0.2) is 52.5 Å². The molecule has 0 radical (unpaired) electrons. The fraction of sp³-hybridized carbons (Fsp3) is 0.548. The molecule has 2 spiro atoms. The van der Waals surface area contributed by atoms with E-state index in [1.54, 1.807) is 19.1 Å². The lowest BCUT2D eigenvalue weighted by molar-refractivity contribution is -0.149. The van der Waals surface area contributed by atoms with Crippen LogP contribution >= 0.6 is 23.2 Å². The molecule has 3 fully saturated rings. The van der Waals surface area contributed by atoms with Gasteiger partial charge in [-0.3, -0.25) is 19.7 Å². The van der Waals surface area contributed by atoms with Gasteiger partial charge in [-0.2, -0.15) is 0 Å². The Hall–Kier alpha value is -2.79. The lowest BCUT2D eigenvalue weighted by atomic mass is 9.53. The number of aromatic nitrogens is 1. The number of carbonyl (C=O) groups is 3. The molecule has 43 heavy (non-hydrogen) atoms. The highest BCUT2D eigenvalue weighted by molar-refractivity contribution is 6.31. The van der Waals surface area contributed by atoms with Crippen LogP contribution < -0.4 is 21.7 Å². The van der Waals surface area contributed by atoms with Crippen molar-refractivity contribution in [3.8, 4) is 0 Å². The van der Waals surface area contributed by atoms with Gasteiger partial charge >= 0.3 is 0 Å². The molecule has 5 atom stereocenters. The molecule has 12 heteroatoms. The molecule has 1 aliphatic carbocycles. The molecule has 4 aliphatic rings. The molecule has 9 nitrogen and oxygen atoms in total. The van der Waals surface area contributed by atoms with Crippen molar-refractivity contribution in [1.29, 1.82) is 0 Å². The summed E-state index contributed by atoms with van der Waals surface area (Å²) in [6, 6.07) is 5.31. The number of halogens is 3. The van der Waals surface area contributed by atoms with Crippen LogP contribution in [0.15, 0.2) is 30.5 Å². The molecule has 6 rings (SSSR count). The van der Waals surface area contributed by atoms with Gasteiger partial charge in [-0.05, 0) is 80.2 Å². The van der Waals surface area contributed by atoms with Gasteiger partial charge in [-0.25, -0.2) is 9.37 Å². The molecular weight excluding hydrogens is 596 g/mol. The highest BCUT2D eigenvalue weighted by Crippen LogP contribution is 2.64. The van der Waals surface area contributed by atoms with Crippen molar-refractivity contribution in [1.82, 2.24) is 15.6 Å². The van der Waals surface area contributed by atoms with E-state index in [4.69, 9.17) is 33.7 Å². The third-order valence-electron chi connectivity index (χ3n) is 10.4. The first-order valence-electron chi connectivity index (χ1n) is 14.7. The summed E-state index contributed by atoms with van der Waals surface area (Å²) < 4.78 is 21.8. The van der Waals surface area contributed by atoms with Crippen molar-refractivity contribution < 1.29 is 23.5 Å².